The van der Waals surface area contributed by atoms with E-state index in [0.717, 1.165) is 59.2 Å². The molecule has 5 nitrogen and oxygen atoms in total. The van der Waals surface area contributed by atoms with Gasteiger partial charge in [0.25, 0.3) is 5.91 Å². The minimum atomic E-state index is -0.212. The van der Waals surface area contributed by atoms with Crippen LogP contribution in [-0.4, -0.2) is 42.6 Å². The van der Waals surface area contributed by atoms with Crippen LogP contribution in [0.5, 0.6) is 11.5 Å². The van der Waals surface area contributed by atoms with Crippen molar-refractivity contribution in [1.82, 2.24) is 4.90 Å². The second-order valence-electron chi connectivity index (χ2n) is 7.94. The first-order valence-electron chi connectivity index (χ1n) is 10.3. The van der Waals surface area contributed by atoms with E-state index in [1.165, 1.54) is 0 Å². The molecule has 1 amide bonds. The quantitative estimate of drug-likeness (QED) is 0.677. The third-order valence-electron chi connectivity index (χ3n) is 5.59. The third-order valence-corrected chi connectivity index (χ3v) is 6.08. The van der Waals surface area contributed by atoms with Crippen LogP contribution in [-0.2, 0) is 4.79 Å². The number of aryl methyl sites for hydroxylation is 2. The van der Waals surface area contributed by atoms with Gasteiger partial charge in [-0.25, -0.2) is 0 Å². The van der Waals surface area contributed by atoms with E-state index in [1.54, 1.807) is 7.11 Å². The maximum absolute atomic E-state index is 12.4. The lowest BCUT2D eigenvalue weighted by Crippen LogP contribution is -2.37. The van der Waals surface area contributed by atoms with E-state index in [9.17, 15) is 4.79 Å². The van der Waals surface area contributed by atoms with Gasteiger partial charge < -0.3 is 19.7 Å². The second kappa shape index (κ2) is 9.94. The maximum Gasteiger partial charge on any atom is 0.262 e. The summed E-state index contributed by atoms with van der Waals surface area (Å²) in [6.07, 6.45) is 2.32. The molecule has 0 bridgehead atoms. The number of rotatable bonds is 6. The van der Waals surface area contributed by atoms with E-state index in [-0.39, 0.29) is 12.5 Å². The molecule has 0 aromatic heterocycles. The predicted molar refractivity (Wildman–Crippen MR) is 125 cm³/mol. The Morgan fingerprint density at radius 2 is 1.80 bits per heavy atom. The van der Waals surface area contributed by atoms with Crippen LogP contribution in [0.25, 0.3) is 0 Å². The van der Waals surface area contributed by atoms with Crippen LogP contribution < -0.4 is 14.8 Å². The summed E-state index contributed by atoms with van der Waals surface area (Å²) < 4.78 is 11.2. The first-order valence-corrected chi connectivity index (χ1v) is 10.8. The molecule has 0 unspecified atom stereocenters. The van der Waals surface area contributed by atoms with Crippen LogP contribution in [0.1, 0.15) is 36.5 Å². The zero-order valence-electron chi connectivity index (χ0n) is 18.2. The van der Waals surface area contributed by atoms with Gasteiger partial charge in [0.05, 0.1) is 7.11 Å². The Morgan fingerprint density at radius 3 is 2.43 bits per heavy atom. The molecule has 0 radical (unpaired) electrons. The fourth-order valence-corrected chi connectivity index (χ4v) is 3.95. The minimum Gasteiger partial charge on any atom is -0.493 e. The lowest BCUT2D eigenvalue weighted by atomic mass is 9.99. The largest absolute Gasteiger partial charge is 0.493 e. The topological polar surface area (TPSA) is 50.8 Å². The number of amides is 1. The van der Waals surface area contributed by atoms with Crippen molar-refractivity contribution < 1.29 is 14.3 Å². The molecule has 0 atom stereocenters. The van der Waals surface area contributed by atoms with Gasteiger partial charge in [0.15, 0.2) is 18.1 Å². The normalized spacial score (nSPS) is 14.3. The van der Waals surface area contributed by atoms with Crippen molar-refractivity contribution in [3.8, 4) is 11.5 Å². The number of piperidine rings is 1. The zero-order chi connectivity index (χ0) is 21.7. The molecule has 0 saturated carbocycles. The number of nitrogens with one attached hydrogen (secondary N) is 1. The molecule has 2 aromatic rings. The van der Waals surface area contributed by atoms with Crippen molar-refractivity contribution in [1.29, 1.82) is 0 Å². The Kier molecular flexibility index (Phi) is 7.32. The average molecular weight is 427 g/mol. The Bertz CT molecular complexity index is 900. The van der Waals surface area contributed by atoms with Gasteiger partial charge in [0.1, 0.15) is 4.99 Å². The van der Waals surface area contributed by atoms with Crippen LogP contribution in [0.2, 0.25) is 0 Å². The number of benzene rings is 2. The smallest absolute Gasteiger partial charge is 0.262 e. The van der Waals surface area contributed by atoms with Gasteiger partial charge in [-0.1, -0.05) is 37.3 Å². The van der Waals surface area contributed by atoms with Crippen molar-refractivity contribution in [2.75, 3.05) is 32.1 Å². The summed E-state index contributed by atoms with van der Waals surface area (Å²) in [6, 6.07) is 11.5. The number of hydrogen-bond acceptors (Lipinski definition) is 4. The number of hydrogen-bond donors (Lipinski definition) is 1. The van der Waals surface area contributed by atoms with Gasteiger partial charge in [-0.3, -0.25) is 4.79 Å². The number of nitrogens with zero attached hydrogens (tertiary/aromatic N) is 1. The van der Waals surface area contributed by atoms with Gasteiger partial charge in [0.2, 0.25) is 0 Å². The first-order chi connectivity index (χ1) is 14.4. The SMILES string of the molecule is COc1cc(C(=S)N2CCC(C)CC2)ccc1OCC(=O)Nc1c(C)cccc1C. The molecule has 6 heteroatoms. The molecule has 1 fully saturated rings. The van der Waals surface area contributed by atoms with Crippen LogP contribution >= 0.6 is 12.2 Å². The number of para-hydroxylation sites is 1. The van der Waals surface area contributed by atoms with E-state index < -0.39 is 0 Å². The Morgan fingerprint density at radius 1 is 1.13 bits per heavy atom. The van der Waals surface area contributed by atoms with Crippen LogP contribution in [0.4, 0.5) is 5.69 Å². The predicted octanol–water partition coefficient (Wildman–Crippen LogP) is 4.74. The number of ether oxygens (including phenoxy) is 2. The Labute approximate surface area is 184 Å². The van der Waals surface area contributed by atoms with E-state index in [2.05, 4.69) is 17.1 Å². The molecular formula is C24H30N2O3S. The molecule has 1 N–H and O–H groups in total. The Balaban J connectivity index is 1.64. The number of anilines is 1. The van der Waals surface area contributed by atoms with Crippen LogP contribution in [0.3, 0.4) is 0 Å². The Hall–Kier alpha value is -2.60. The maximum atomic E-state index is 12.4. The standard InChI is InChI=1S/C24H30N2O3S/c1-16-10-12-26(13-11-16)24(30)19-8-9-20(21(14-19)28-4)29-15-22(27)25-23-17(2)6-5-7-18(23)3/h5-9,14,16H,10-13,15H2,1-4H3,(H,25,27). The summed E-state index contributed by atoms with van der Waals surface area (Å²) in [7, 11) is 1.59. The average Bonchev–Trinajstić information content (AvgIpc) is 2.75. The van der Waals surface area contributed by atoms with E-state index in [4.69, 9.17) is 21.7 Å². The van der Waals surface area contributed by atoms with Crippen molar-refractivity contribution in [2.45, 2.75) is 33.6 Å². The van der Waals surface area contributed by atoms with E-state index in [1.807, 2.05) is 50.2 Å². The number of carbonyl (C=O) groups excluding carboxylic acids is 1. The molecular weight excluding hydrogens is 396 g/mol. The highest BCUT2D eigenvalue weighted by Gasteiger charge is 2.20. The van der Waals surface area contributed by atoms with Crippen LogP contribution in [0.15, 0.2) is 36.4 Å². The zero-order valence-corrected chi connectivity index (χ0v) is 19.0. The summed E-state index contributed by atoms with van der Waals surface area (Å²) in [6.45, 7) is 8.09. The highest BCUT2D eigenvalue weighted by molar-refractivity contribution is 7.80. The third kappa shape index (κ3) is 5.30. The van der Waals surface area contributed by atoms with Gasteiger partial charge in [-0.2, -0.15) is 0 Å². The van der Waals surface area contributed by atoms with E-state index >= 15 is 0 Å². The van der Waals surface area contributed by atoms with Crippen molar-refractivity contribution in [2.24, 2.45) is 5.92 Å². The van der Waals surface area contributed by atoms with Gasteiger partial charge in [-0.15, -0.1) is 0 Å². The molecule has 30 heavy (non-hydrogen) atoms. The minimum absolute atomic E-state index is 0.0993. The summed E-state index contributed by atoms with van der Waals surface area (Å²) in [5.74, 6) is 1.63. The van der Waals surface area contributed by atoms with Gasteiger partial charge >= 0.3 is 0 Å². The molecule has 1 saturated heterocycles. The first kappa shape index (κ1) is 22.1. The van der Waals surface area contributed by atoms with Crippen molar-refractivity contribution >= 4 is 28.8 Å². The van der Waals surface area contributed by atoms with Gasteiger partial charge in [0, 0.05) is 24.3 Å². The summed E-state index contributed by atoms with van der Waals surface area (Å²) >= 11 is 5.70. The van der Waals surface area contributed by atoms with Gasteiger partial charge in [-0.05, 0) is 61.9 Å². The summed E-state index contributed by atoms with van der Waals surface area (Å²) in [5, 5.41) is 2.93. The summed E-state index contributed by atoms with van der Waals surface area (Å²) in [5.41, 5.74) is 3.80. The molecule has 2 aromatic carbocycles. The molecule has 0 spiro atoms. The number of carbonyl (C=O) groups is 1. The molecule has 1 aliphatic rings. The lowest BCUT2D eigenvalue weighted by molar-refractivity contribution is -0.118. The number of thiocarbonyl (C=S) groups is 1. The lowest BCUT2D eigenvalue weighted by Gasteiger charge is -2.32. The second-order valence-corrected chi connectivity index (χ2v) is 8.33. The van der Waals surface area contributed by atoms with Crippen molar-refractivity contribution in [3.63, 3.8) is 0 Å². The summed E-state index contributed by atoms with van der Waals surface area (Å²) in [4.78, 5) is 15.5. The fourth-order valence-electron chi connectivity index (χ4n) is 3.64. The molecule has 3 rings (SSSR count). The molecule has 160 valence electrons. The highest BCUT2D eigenvalue weighted by Crippen LogP contribution is 2.30. The van der Waals surface area contributed by atoms with Crippen LogP contribution in [0, 0.1) is 19.8 Å². The van der Waals surface area contributed by atoms with Crippen molar-refractivity contribution in [3.05, 3.63) is 53.1 Å². The molecule has 0 aliphatic carbocycles. The highest BCUT2D eigenvalue weighted by atomic mass is 32.1. The van der Waals surface area contributed by atoms with E-state index in [0.29, 0.717) is 11.5 Å². The monoisotopic (exact) mass is 426 g/mol. The fraction of sp³-hybridized carbons (Fsp3) is 0.417. The molecule has 1 heterocycles. The number of likely N-dealkylation sites (tertiary alicyclic amines) is 1. The molecule has 1 aliphatic heterocycles. The number of methoxy groups -OCH3 is 1.